The number of primary amides is 1. The highest BCUT2D eigenvalue weighted by atomic mass is 16.5. The summed E-state index contributed by atoms with van der Waals surface area (Å²) >= 11 is 0. The Morgan fingerprint density at radius 1 is 1.13 bits per heavy atom. The number of carbonyl (C=O) groups is 2. The molecule has 156 valence electrons. The molecule has 0 bridgehead atoms. The van der Waals surface area contributed by atoms with Crippen LogP contribution >= 0.6 is 0 Å². The van der Waals surface area contributed by atoms with E-state index in [4.69, 9.17) is 19.9 Å². The van der Waals surface area contributed by atoms with E-state index in [1.165, 1.54) is 20.3 Å². The van der Waals surface area contributed by atoms with Gasteiger partial charge in [-0.2, -0.15) is 5.26 Å². The third-order valence-corrected chi connectivity index (χ3v) is 4.24. The molecule has 0 aromatic heterocycles. The number of rotatable bonds is 8. The first-order valence-electron chi connectivity index (χ1n) is 8.97. The van der Waals surface area contributed by atoms with Gasteiger partial charge in [0.25, 0.3) is 11.8 Å². The molecule has 0 atom stereocenters. The second-order valence-electron chi connectivity index (χ2n) is 6.40. The van der Waals surface area contributed by atoms with Crippen molar-refractivity contribution in [3.05, 3.63) is 52.6 Å². The summed E-state index contributed by atoms with van der Waals surface area (Å²) in [6.07, 6.45) is 1.41. The van der Waals surface area contributed by atoms with Gasteiger partial charge in [-0.25, -0.2) is 0 Å². The van der Waals surface area contributed by atoms with E-state index in [-0.39, 0.29) is 29.4 Å². The molecule has 0 saturated carbocycles. The van der Waals surface area contributed by atoms with Crippen LogP contribution in [0.3, 0.4) is 0 Å². The minimum Gasteiger partial charge on any atom is -0.493 e. The van der Waals surface area contributed by atoms with Crippen LogP contribution in [0.2, 0.25) is 0 Å². The van der Waals surface area contributed by atoms with Crippen molar-refractivity contribution in [1.82, 2.24) is 0 Å². The standard InChI is InChI=1S/C22H23N3O5/c1-13-6-5-7-14(2)20(13)25-22(27)16(11-23)8-15-9-17(28-3)21(18(10-15)29-4)30-12-19(24)26/h5-10H,12H2,1-4H3,(H2,24,26)(H,25,27)/b16-8+. The van der Waals surface area contributed by atoms with Gasteiger partial charge in [-0.1, -0.05) is 18.2 Å². The molecule has 2 aromatic rings. The number of nitrogens with two attached hydrogens (primary N) is 1. The topological polar surface area (TPSA) is 124 Å². The van der Waals surface area contributed by atoms with Crippen molar-refractivity contribution in [3.8, 4) is 23.3 Å². The van der Waals surface area contributed by atoms with E-state index in [1.54, 1.807) is 12.1 Å². The highest BCUT2D eigenvalue weighted by Gasteiger charge is 2.17. The summed E-state index contributed by atoms with van der Waals surface area (Å²) in [4.78, 5) is 23.7. The van der Waals surface area contributed by atoms with Crippen molar-refractivity contribution in [2.45, 2.75) is 13.8 Å². The van der Waals surface area contributed by atoms with Crippen LogP contribution in [-0.4, -0.2) is 32.6 Å². The predicted octanol–water partition coefficient (Wildman–Crippen LogP) is 2.73. The van der Waals surface area contributed by atoms with E-state index in [2.05, 4.69) is 5.32 Å². The molecule has 3 N–H and O–H groups in total. The Kier molecular flexibility index (Phi) is 7.42. The Labute approximate surface area is 174 Å². The van der Waals surface area contributed by atoms with Crippen LogP contribution in [0.1, 0.15) is 16.7 Å². The van der Waals surface area contributed by atoms with E-state index < -0.39 is 11.8 Å². The summed E-state index contributed by atoms with van der Waals surface area (Å²) in [5, 5.41) is 12.3. The molecule has 8 nitrogen and oxygen atoms in total. The van der Waals surface area contributed by atoms with Gasteiger partial charge < -0.3 is 25.3 Å². The van der Waals surface area contributed by atoms with Gasteiger partial charge in [0.1, 0.15) is 11.6 Å². The van der Waals surface area contributed by atoms with Crippen LogP contribution in [0.25, 0.3) is 6.08 Å². The zero-order chi connectivity index (χ0) is 22.3. The van der Waals surface area contributed by atoms with Gasteiger partial charge in [0.2, 0.25) is 5.75 Å². The summed E-state index contributed by atoms with van der Waals surface area (Å²) in [5.41, 5.74) is 7.93. The third-order valence-electron chi connectivity index (χ3n) is 4.24. The first-order valence-corrected chi connectivity index (χ1v) is 8.97. The molecule has 0 spiro atoms. The second-order valence-corrected chi connectivity index (χ2v) is 6.40. The maximum Gasteiger partial charge on any atom is 0.266 e. The van der Waals surface area contributed by atoms with Crippen molar-refractivity contribution < 1.29 is 23.8 Å². The Morgan fingerprint density at radius 2 is 1.70 bits per heavy atom. The van der Waals surface area contributed by atoms with Crippen molar-refractivity contribution in [2.75, 3.05) is 26.1 Å². The number of ether oxygens (including phenoxy) is 3. The molecule has 2 rings (SSSR count). The largest absolute Gasteiger partial charge is 0.493 e. The highest BCUT2D eigenvalue weighted by Crippen LogP contribution is 2.39. The number of nitriles is 1. The van der Waals surface area contributed by atoms with Crippen molar-refractivity contribution in [3.63, 3.8) is 0 Å². The van der Waals surface area contributed by atoms with Crippen LogP contribution in [-0.2, 0) is 9.59 Å². The van der Waals surface area contributed by atoms with Crippen molar-refractivity contribution in [1.29, 1.82) is 5.26 Å². The molecule has 0 heterocycles. The van der Waals surface area contributed by atoms with Crippen LogP contribution < -0.4 is 25.3 Å². The highest BCUT2D eigenvalue weighted by molar-refractivity contribution is 6.10. The summed E-state index contributed by atoms with van der Waals surface area (Å²) in [5.74, 6) is -0.488. The lowest BCUT2D eigenvalue weighted by molar-refractivity contribution is -0.120. The lowest BCUT2D eigenvalue weighted by Gasteiger charge is -2.15. The fourth-order valence-corrected chi connectivity index (χ4v) is 2.78. The maximum atomic E-state index is 12.7. The monoisotopic (exact) mass is 409 g/mol. The van der Waals surface area contributed by atoms with Gasteiger partial charge in [-0.15, -0.1) is 0 Å². The zero-order valence-electron chi connectivity index (χ0n) is 17.2. The molecule has 2 aromatic carbocycles. The fourth-order valence-electron chi connectivity index (χ4n) is 2.78. The number of amides is 2. The molecule has 0 fully saturated rings. The van der Waals surface area contributed by atoms with Gasteiger partial charge in [0, 0.05) is 5.69 Å². The van der Waals surface area contributed by atoms with Crippen molar-refractivity contribution >= 4 is 23.6 Å². The number of benzene rings is 2. The number of nitrogens with one attached hydrogen (secondary N) is 1. The summed E-state index contributed by atoms with van der Waals surface area (Å²) in [6, 6.07) is 10.7. The summed E-state index contributed by atoms with van der Waals surface area (Å²) in [6.45, 7) is 3.39. The Balaban J connectivity index is 2.40. The second kappa shape index (κ2) is 9.98. The number of aryl methyl sites for hydroxylation is 2. The fraction of sp³-hybridized carbons (Fsp3) is 0.227. The first-order chi connectivity index (χ1) is 14.3. The zero-order valence-corrected chi connectivity index (χ0v) is 17.2. The minimum atomic E-state index is -0.655. The predicted molar refractivity (Wildman–Crippen MR) is 112 cm³/mol. The molecule has 0 aliphatic rings. The number of para-hydroxylation sites is 1. The molecular weight excluding hydrogens is 386 g/mol. The Morgan fingerprint density at radius 3 is 2.17 bits per heavy atom. The quantitative estimate of drug-likeness (QED) is 0.510. The molecule has 0 radical (unpaired) electrons. The number of hydrogen-bond acceptors (Lipinski definition) is 6. The van der Waals surface area contributed by atoms with E-state index in [1.807, 2.05) is 38.1 Å². The molecule has 30 heavy (non-hydrogen) atoms. The number of nitrogens with zero attached hydrogens (tertiary/aromatic N) is 1. The van der Waals surface area contributed by atoms with Gasteiger partial charge in [-0.3, -0.25) is 9.59 Å². The van der Waals surface area contributed by atoms with E-state index in [0.29, 0.717) is 11.3 Å². The minimum absolute atomic E-state index is 0.104. The number of methoxy groups -OCH3 is 2. The lowest BCUT2D eigenvalue weighted by atomic mass is 10.1. The average Bonchev–Trinajstić information content (AvgIpc) is 2.72. The van der Waals surface area contributed by atoms with Gasteiger partial charge in [-0.05, 0) is 48.7 Å². The van der Waals surface area contributed by atoms with E-state index >= 15 is 0 Å². The normalized spacial score (nSPS) is 10.7. The van der Waals surface area contributed by atoms with E-state index in [0.717, 1.165) is 11.1 Å². The van der Waals surface area contributed by atoms with E-state index in [9.17, 15) is 14.9 Å². The van der Waals surface area contributed by atoms with Gasteiger partial charge in [0.15, 0.2) is 18.1 Å². The van der Waals surface area contributed by atoms with Gasteiger partial charge >= 0.3 is 0 Å². The van der Waals surface area contributed by atoms with Crippen LogP contribution in [0.15, 0.2) is 35.9 Å². The molecule has 0 saturated heterocycles. The first kappa shape index (κ1) is 22.3. The molecule has 2 amide bonds. The molecule has 0 unspecified atom stereocenters. The van der Waals surface area contributed by atoms with Gasteiger partial charge in [0.05, 0.1) is 14.2 Å². The summed E-state index contributed by atoms with van der Waals surface area (Å²) in [7, 11) is 2.83. The maximum absolute atomic E-state index is 12.7. The Hall–Kier alpha value is -3.99. The van der Waals surface area contributed by atoms with Crippen molar-refractivity contribution in [2.24, 2.45) is 5.73 Å². The molecule has 0 aliphatic heterocycles. The smallest absolute Gasteiger partial charge is 0.266 e. The number of carbonyl (C=O) groups excluding carboxylic acids is 2. The van der Waals surface area contributed by atoms with Crippen LogP contribution in [0.5, 0.6) is 17.2 Å². The molecular formula is C22H23N3O5. The number of hydrogen-bond donors (Lipinski definition) is 2. The lowest BCUT2D eigenvalue weighted by Crippen LogP contribution is -2.20. The summed E-state index contributed by atoms with van der Waals surface area (Å²) < 4.78 is 15.9. The SMILES string of the molecule is COc1cc(/C=C(\C#N)C(=O)Nc2c(C)cccc2C)cc(OC)c1OCC(N)=O. The Bertz CT molecular complexity index is 992. The molecule has 0 aliphatic carbocycles. The van der Waals surface area contributed by atoms with Crippen LogP contribution in [0.4, 0.5) is 5.69 Å². The molecule has 8 heteroatoms. The van der Waals surface area contributed by atoms with Crippen LogP contribution in [0, 0.1) is 25.2 Å². The number of anilines is 1. The average molecular weight is 409 g/mol. The third kappa shape index (κ3) is 5.29.